The van der Waals surface area contributed by atoms with Crippen LogP contribution in [0.4, 0.5) is 58.4 Å². The van der Waals surface area contributed by atoms with E-state index >= 15 is 0 Å². The summed E-state index contributed by atoms with van der Waals surface area (Å²) in [7, 11) is -19.1. The van der Waals surface area contributed by atoms with E-state index in [0.29, 0.717) is 78.5 Å². The highest BCUT2D eigenvalue weighted by atomic mass is 32.2. The van der Waals surface area contributed by atoms with Crippen molar-refractivity contribution in [3.05, 3.63) is 96.1 Å². The summed E-state index contributed by atoms with van der Waals surface area (Å²) in [6.45, 7) is 6.37. The van der Waals surface area contributed by atoms with Crippen LogP contribution >= 0.6 is 0 Å². The van der Waals surface area contributed by atoms with Crippen molar-refractivity contribution in [2.45, 2.75) is 19.6 Å². The molecule has 2 aromatic heterocycles. The predicted molar refractivity (Wildman–Crippen MR) is 389 cm³/mol. The maximum Gasteiger partial charge on any atom is 0.295 e. The van der Waals surface area contributed by atoms with Crippen LogP contribution in [0.3, 0.4) is 0 Å². The van der Waals surface area contributed by atoms with Crippen molar-refractivity contribution >= 4 is 111 Å². The van der Waals surface area contributed by atoms with Crippen LogP contribution < -0.4 is 31.9 Å². The van der Waals surface area contributed by atoms with Crippen LogP contribution in [0, 0.1) is 0 Å². The van der Waals surface area contributed by atoms with Crippen LogP contribution in [0.15, 0.2) is 105 Å². The van der Waals surface area contributed by atoms with Gasteiger partial charge in [-0.25, -0.2) is 0 Å². The van der Waals surface area contributed by atoms with Crippen molar-refractivity contribution < 1.29 is 123 Å². The Labute approximate surface area is 612 Å². The molecule has 596 valence electrons. The van der Waals surface area contributed by atoms with Gasteiger partial charge in [0.15, 0.2) is 0 Å². The number of aliphatic hydroxyl groups is 14. The van der Waals surface area contributed by atoms with Crippen molar-refractivity contribution in [1.82, 2.24) is 49.5 Å². The third kappa shape index (κ3) is 38.2. The molecule has 42 nitrogen and oxygen atoms in total. The lowest BCUT2D eigenvalue weighted by molar-refractivity contribution is 0.136. The highest BCUT2D eigenvalue weighted by Gasteiger charge is 2.21. The summed E-state index contributed by atoms with van der Waals surface area (Å²) in [6, 6.07) is 17.3. The van der Waals surface area contributed by atoms with Gasteiger partial charge < -0.3 is 103 Å². The lowest BCUT2D eigenvalue weighted by Crippen LogP contribution is -2.32. The van der Waals surface area contributed by atoms with Gasteiger partial charge in [-0.2, -0.15) is 63.6 Å². The molecule has 46 heteroatoms. The van der Waals surface area contributed by atoms with Gasteiger partial charge in [0.25, 0.3) is 40.5 Å². The van der Waals surface area contributed by atoms with Crippen molar-refractivity contribution in [3.8, 4) is 0 Å². The smallest absolute Gasteiger partial charge is 0.295 e. The van der Waals surface area contributed by atoms with Crippen molar-refractivity contribution in [2.24, 2.45) is 0 Å². The first-order chi connectivity index (χ1) is 50.4. The first kappa shape index (κ1) is 94.4. The van der Waals surface area contributed by atoms with E-state index < -0.39 is 60.1 Å². The largest absolute Gasteiger partial charge is 0.395 e. The van der Waals surface area contributed by atoms with Gasteiger partial charge in [-0.1, -0.05) is 36.4 Å². The van der Waals surface area contributed by atoms with E-state index in [2.05, 4.69) is 61.8 Å². The number of rotatable bonds is 44. The van der Waals surface area contributed by atoms with E-state index in [1.807, 2.05) is 0 Å². The molecule has 2 heterocycles. The fourth-order valence-corrected chi connectivity index (χ4v) is 11.1. The minimum absolute atomic E-state index is 0.00238. The van der Waals surface area contributed by atoms with Gasteiger partial charge in [0.1, 0.15) is 9.79 Å². The number of benzene rings is 4. The standard InChI is InChI=1S/C36H36N12O14S4.4C6H15NO3/c49-15-13-37-31-43-33(39-23-3-1-5-27(17-23)63(51,52)53)47-35(45-31)41-25-11-9-21(29(19-25)65(57,58)59)7-8-22-10-12-26(20-30(22)66(60,61)62)42-36-46-32(38-14-16-50)44-34(48-36)40-24-4-2-6-28(18-24)64(54,55)56;4*8-4-1-7(2-5-9)3-6-10/h1-12,17-20,49-50H,13-16H2,(H,51,52,53)(H,54,55,56)(H,57,58,59)(H,60,61,62)(H3,37,39,41,43,45,47)(H3,38,40,42,44,46,48);4*8-10H,1-6H2/b8-7+;;;;. The van der Waals surface area contributed by atoms with E-state index in [1.54, 1.807) is 19.6 Å². The number of aromatic nitrogens is 6. The van der Waals surface area contributed by atoms with Gasteiger partial charge in [0, 0.05) is 114 Å². The van der Waals surface area contributed by atoms with Gasteiger partial charge >= 0.3 is 0 Å². The fraction of sp³-hybridized carbons (Fsp3) is 0.467. The Morgan fingerprint density at radius 3 is 0.717 bits per heavy atom. The molecule has 106 heavy (non-hydrogen) atoms. The zero-order valence-electron chi connectivity index (χ0n) is 57.5. The summed E-state index contributed by atoms with van der Waals surface area (Å²) < 4.78 is 136. The highest BCUT2D eigenvalue weighted by molar-refractivity contribution is 7.86. The molecule has 0 atom stereocenters. The monoisotopic (exact) mass is 1580 g/mol. The Hall–Kier alpha value is -7.64. The molecule has 0 amide bonds. The molecule has 0 aliphatic carbocycles. The summed E-state index contributed by atoms with van der Waals surface area (Å²) in [5, 5.41) is 137. The average Bonchev–Trinajstić information content (AvgIpc) is 0.810. The van der Waals surface area contributed by atoms with Crippen LogP contribution in [0.2, 0.25) is 0 Å². The minimum Gasteiger partial charge on any atom is -0.395 e. The Balaban J connectivity index is 0.000000767. The Morgan fingerprint density at radius 1 is 0.283 bits per heavy atom. The molecule has 0 saturated heterocycles. The third-order valence-corrected chi connectivity index (χ3v) is 16.9. The Morgan fingerprint density at radius 2 is 0.509 bits per heavy atom. The molecule has 0 aliphatic rings. The predicted octanol–water partition coefficient (Wildman–Crippen LogP) is -3.94. The molecule has 0 aliphatic heterocycles. The SMILES string of the molecule is O=S(=O)(O)c1cccc(Nc2nc(NCCO)nc(Nc3ccc(/C=C/c4ccc(Nc5nc(NCCO)nc(Nc6cccc(S(=O)(=O)O)c6)n5)cc4S(=O)(=O)O)c(S(=O)(=O)O)c3)n2)c1.OCCN(CCO)CCO.OCCN(CCO)CCO.OCCN(CCO)CCO.OCCN(CCO)CCO. The van der Waals surface area contributed by atoms with E-state index in [4.69, 9.17) is 61.3 Å². The molecule has 0 bridgehead atoms. The van der Waals surface area contributed by atoms with Crippen LogP contribution in [0.5, 0.6) is 0 Å². The summed E-state index contributed by atoms with van der Waals surface area (Å²) >= 11 is 0. The molecular formula is C60H96N16O26S4. The van der Waals surface area contributed by atoms with Crippen LogP contribution in [0.1, 0.15) is 11.1 Å². The van der Waals surface area contributed by atoms with E-state index in [1.165, 1.54) is 48.5 Å². The second kappa shape index (κ2) is 51.6. The third-order valence-electron chi connectivity index (χ3n) is 13.4. The normalized spacial score (nSPS) is 11.6. The average molecular weight is 1590 g/mol. The molecule has 0 unspecified atom stereocenters. The molecule has 0 saturated carbocycles. The summed E-state index contributed by atoms with van der Waals surface area (Å²) in [5.74, 6) is -0.911. The van der Waals surface area contributed by atoms with Gasteiger partial charge in [0.2, 0.25) is 35.7 Å². The van der Waals surface area contributed by atoms with Crippen LogP contribution in [-0.2, 0) is 40.5 Å². The Bertz CT molecular complexity index is 3660. The van der Waals surface area contributed by atoms with Gasteiger partial charge in [-0.15, -0.1) is 0 Å². The minimum atomic E-state index is -4.98. The molecule has 0 fully saturated rings. The van der Waals surface area contributed by atoms with Crippen LogP contribution in [0.25, 0.3) is 12.2 Å². The van der Waals surface area contributed by atoms with Gasteiger partial charge in [0.05, 0.1) is 102 Å². The zero-order chi connectivity index (χ0) is 79.1. The van der Waals surface area contributed by atoms with E-state index in [-0.39, 0.29) is 175 Å². The summed E-state index contributed by atoms with van der Waals surface area (Å²) in [6.07, 6.45) is 2.29. The second-order valence-corrected chi connectivity index (χ2v) is 26.9. The first-order valence-corrected chi connectivity index (χ1v) is 37.8. The number of anilines is 10. The zero-order valence-corrected chi connectivity index (χ0v) is 60.7. The number of hydrogen-bond donors (Lipinski definition) is 24. The number of nitrogens with one attached hydrogen (secondary N) is 6. The maximum absolute atomic E-state index is 12.6. The Kier molecular flexibility index (Phi) is 46.0. The first-order valence-electron chi connectivity index (χ1n) is 32.0. The number of aliphatic hydroxyl groups excluding tert-OH is 14. The van der Waals surface area contributed by atoms with Crippen LogP contribution in [-0.4, -0.2) is 357 Å². The molecule has 24 N–H and O–H groups in total. The summed E-state index contributed by atoms with van der Waals surface area (Å²) in [5.41, 5.74) is -0.00857. The maximum atomic E-state index is 12.6. The highest BCUT2D eigenvalue weighted by Crippen LogP contribution is 2.30. The quantitative estimate of drug-likeness (QED) is 0.0128. The number of nitrogens with zero attached hydrogens (tertiary/aromatic N) is 10. The lowest BCUT2D eigenvalue weighted by Gasteiger charge is -2.17. The van der Waals surface area contributed by atoms with Gasteiger partial charge in [-0.05, 0) is 71.8 Å². The van der Waals surface area contributed by atoms with Gasteiger partial charge in [-0.3, -0.25) is 37.8 Å². The topological polar surface area (TPSA) is 663 Å². The lowest BCUT2D eigenvalue weighted by atomic mass is 10.1. The molecule has 6 rings (SSSR count). The summed E-state index contributed by atoms with van der Waals surface area (Å²) in [4.78, 5) is 30.0. The molecular weight excluding hydrogens is 1490 g/mol. The fourth-order valence-electron chi connectivity index (χ4n) is 8.62. The van der Waals surface area contributed by atoms with E-state index in [0.717, 1.165) is 48.6 Å². The molecule has 0 spiro atoms. The number of hydrogen-bond acceptors (Lipinski definition) is 38. The van der Waals surface area contributed by atoms with Crippen molar-refractivity contribution in [1.29, 1.82) is 0 Å². The van der Waals surface area contributed by atoms with Crippen molar-refractivity contribution in [2.75, 3.05) is 216 Å². The second-order valence-electron chi connectivity index (χ2n) is 21.3. The van der Waals surface area contributed by atoms with E-state index in [9.17, 15) is 62.1 Å². The molecule has 4 aromatic carbocycles. The van der Waals surface area contributed by atoms with Crippen molar-refractivity contribution in [3.63, 3.8) is 0 Å². The molecule has 0 radical (unpaired) electrons. The molecule has 6 aromatic rings.